The van der Waals surface area contributed by atoms with E-state index in [-0.39, 0.29) is 11.6 Å². The predicted octanol–water partition coefficient (Wildman–Crippen LogP) is 2.30. The first kappa shape index (κ1) is 15.6. The van der Waals surface area contributed by atoms with Crippen LogP contribution >= 0.6 is 23.2 Å². The molecule has 0 saturated carbocycles. The van der Waals surface area contributed by atoms with Gasteiger partial charge in [-0.25, -0.2) is 4.79 Å². The normalized spacial score (nSPS) is 11.8. The lowest BCUT2D eigenvalue weighted by atomic mass is 10.3. The maximum Gasteiger partial charge on any atom is 0.326 e. The van der Waals surface area contributed by atoms with Gasteiger partial charge in [-0.2, -0.15) is 0 Å². The highest BCUT2D eigenvalue weighted by atomic mass is 35.5. The SMILES string of the molecule is CC(C(=O)O)N(C)C(=O)COc1ccc(Cl)cc1Cl. The molecule has 0 saturated heterocycles. The van der Waals surface area contributed by atoms with E-state index in [2.05, 4.69) is 0 Å². The molecule has 1 aromatic rings. The van der Waals surface area contributed by atoms with Gasteiger partial charge < -0.3 is 14.7 Å². The molecule has 0 aromatic heterocycles. The van der Waals surface area contributed by atoms with Crippen LogP contribution in [0, 0.1) is 0 Å². The number of carbonyl (C=O) groups excluding carboxylic acids is 1. The maximum atomic E-state index is 11.7. The van der Waals surface area contributed by atoms with Gasteiger partial charge in [0.1, 0.15) is 11.8 Å². The number of amides is 1. The van der Waals surface area contributed by atoms with Crippen LogP contribution in [0.2, 0.25) is 10.0 Å². The van der Waals surface area contributed by atoms with Gasteiger partial charge in [0.25, 0.3) is 5.91 Å². The molecule has 1 unspecified atom stereocenters. The van der Waals surface area contributed by atoms with Crippen molar-refractivity contribution in [3.63, 3.8) is 0 Å². The van der Waals surface area contributed by atoms with Crippen LogP contribution in [0.25, 0.3) is 0 Å². The molecule has 0 fully saturated rings. The summed E-state index contributed by atoms with van der Waals surface area (Å²) in [6.07, 6.45) is 0. The van der Waals surface area contributed by atoms with Crippen molar-refractivity contribution in [2.75, 3.05) is 13.7 Å². The van der Waals surface area contributed by atoms with Crippen LogP contribution in [-0.2, 0) is 9.59 Å². The number of hydrogen-bond donors (Lipinski definition) is 1. The van der Waals surface area contributed by atoms with E-state index in [1.165, 1.54) is 20.0 Å². The summed E-state index contributed by atoms with van der Waals surface area (Å²) in [5.41, 5.74) is 0. The van der Waals surface area contributed by atoms with Gasteiger partial charge in [0.2, 0.25) is 0 Å². The summed E-state index contributed by atoms with van der Waals surface area (Å²) in [5.74, 6) is -1.22. The fourth-order valence-electron chi connectivity index (χ4n) is 1.22. The highest BCUT2D eigenvalue weighted by molar-refractivity contribution is 6.35. The Labute approximate surface area is 120 Å². The molecule has 5 nitrogen and oxygen atoms in total. The molecule has 1 atom stereocenters. The van der Waals surface area contributed by atoms with E-state index in [9.17, 15) is 9.59 Å². The van der Waals surface area contributed by atoms with Gasteiger partial charge in [-0.1, -0.05) is 23.2 Å². The Morgan fingerprint density at radius 3 is 2.58 bits per heavy atom. The number of nitrogens with zero attached hydrogens (tertiary/aromatic N) is 1. The number of halogens is 2. The summed E-state index contributed by atoms with van der Waals surface area (Å²) in [4.78, 5) is 23.5. The Kier molecular flexibility index (Phi) is 5.44. The third-order valence-corrected chi connectivity index (χ3v) is 3.11. The van der Waals surface area contributed by atoms with E-state index in [4.69, 9.17) is 33.0 Å². The lowest BCUT2D eigenvalue weighted by molar-refractivity contribution is -0.148. The van der Waals surface area contributed by atoms with E-state index in [1.807, 2.05) is 0 Å². The first-order chi connectivity index (χ1) is 8.82. The lowest BCUT2D eigenvalue weighted by Gasteiger charge is -2.21. The average Bonchev–Trinajstić information content (AvgIpc) is 2.35. The number of carboxylic acids is 1. The Morgan fingerprint density at radius 1 is 1.42 bits per heavy atom. The van der Waals surface area contributed by atoms with Crippen LogP contribution in [0.1, 0.15) is 6.92 Å². The predicted molar refractivity (Wildman–Crippen MR) is 71.8 cm³/mol. The monoisotopic (exact) mass is 305 g/mol. The second-order valence-electron chi connectivity index (χ2n) is 3.88. The Morgan fingerprint density at radius 2 is 2.05 bits per heavy atom. The summed E-state index contributed by atoms with van der Waals surface area (Å²) in [5, 5.41) is 9.54. The van der Waals surface area contributed by atoms with Gasteiger partial charge in [-0.05, 0) is 25.1 Å². The standard InChI is InChI=1S/C12H13Cl2NO4/c1-7(12(17)18)15(2)11(16)6-19-10-4-3-8(13)5-9(10)14/h3-5,7H,6H2,1-2H3,(H,17,18). The van der Waals surface area contributed by atoms with Gasteiger partial charge in [0.15, 0.2) is 6.61 Å². The molecular weight excluding hydrogens is 293 g/mol. The molecule has 0 bridgehead atoms. The topological polar surface area (TPSA) is 66.8 Å². The largest absolute Gasteiger partial charge is 0.482 e. The molecule has 1 amide bonds. The van der Waals surface area contributed by atoms with Crippen molar-refractivity contribution in [3.8, 4) is 5.75 Å². The molecule has 0 radical (unpaired) electrons. The number of benzene rings is 1. The van der Waals surface area contributed by atoms with E-state index >= 15 is 0 Å². The van der Waals surface area contributed by atoms with Gasteiger partial charge in [-0.3, -0.25) is 4.79 Å². The van der Waals surface area contributed by atoms with Crippen LogP contribution in [0.5, 0.6) is 5.75 Å². The Hall–Kier alpha value is -1.46. The van der Waals surface area contributed by atoms with Crippen LogP contribution in [0.4, 0.5) is 0 Å². The minimum Gasteiger partial charge on any atom is -0.482 e. The van der Waals surface area contributed by atoms with Crippen LogP contribution in [0.15, 0.2) is 18.2 Å². The molecule has 1 aromatic carbocycles. The minimum absolute atomic E-state index is 0.286. The highest BCUT2D eigenvalue weighted by Crippen LogP contribution is 2.27. The third-order valence-electron chi connectivity index (χ3n) is 2.58. The number of hydrogen-bond acceptors (Lipinski definition) is 3. The van der Waals surface area contributed by atoms with Crippen molar-refractivity contribution in [2.45, 2.75) is 13.0 Å². The fraction of sp³-hybridized carbons (Fsp3) is 0.333. The van der Waals surface area contributed by atoms with Crippen LogP contribution in [-0.4, -0.2) is 41.6 Å². The first-order valence-corrected chi connectivity index (χ1v) is 6.15. The molecule has 7 heteroatoms. The van der Waals surface area contributed by atoms with E-state index < -0.39 is 17.9 Å². The van der Waals surface area contributed by atoms with Crippen molar-refractivity contribution in [2.24, 2.45) is 0 Å². The zero-order valence-corrected chi connectivity index (χ0v) is 11.9. The van der Waals surface area contributed by atoms with Crippen molar-refractivity contribution in [1.82, 2.24) is 4.90 Å². The number of carbonyl (C=O) groups is 2. The van der Waals surface area contributed by atoms with Crippen LogP contribution in [0.3, 0.4) is 0 Å². The van der Waals surface area contributed by atoms with Crippen molar-refractivity contribution in [3.05, 3.63) is 28.2 Å². The second-order valence-corrected chi connectivity index (χ2v) is 4.73. The number of likely N-dealkylation sites (N-methyl/N-ethyl adjacent to an activating group) is 1. The van der Waals surface area contributed by atoms with Gasteiger partial charge in [0.05, 0.1) is 5.02 Å². The zero-order valence-electron chi connectivity index (χ0n) is 10.4. The van der Waals surface area contributed by atoms with Crippen molar-refractivity contribution >= 4 is 35.1 Å². The summed E-state index contributed by atoms with van der Waals surface area (Å²) in [7, 11) is 1.40. The van der Waals surface area contributed by atoms with Crippen molar-refractivity contribution in [1.29, 1.82) is 0 Å². The highest BCUT2D eigenvalue weighted by Gasteiger charge is 2.22. The van der Waals surface area contributed by atoms with Crippen LogP contribution < -0.4 is 4.74 Å². The number of carboxylic acid groups (broad SMARTS) is 1. The summed E-state index contributed by atoms with van der Waals surface area (Å²) >= 11 is 11.6. The third kappa shape index (κ3) is 4.29. The van der Waals surface area contributed by atoms with Gasteiger partial charge in [0, 0.05) is 12.1 Å². The van der Waals surface area contributed by atoms with E-state index in [1.54, 1.807) is 12.1 Å². The second kappa shape index (κ2) is 6.63. The number of ether oxygens (including phenoxy) is 1. The van der Waals surface area contributed by atoms with E-state index in [0.717, 1.165) is 4.90 Å². The fourth-order valence-corrected chi connectivity index (χ4v) is 1.68. The molecule has 0 aliphatic carbocycles. The Balaban J connectivity index is 2.61. The molecule has 1 N–H and O–H groups in total. The van der Waals surface area contributed by atoms with Crippen molar-refractivity contribution < 1.29 is 19.4 Å². The minimum atomic E-state index is -1.08. The number of rotatable bonds is 5. The first-order valence-electron chi connectivity index (χ1n) is 5.39. The Bertz CT molecular complexity index is 493. The van der Waals surface area contributed by atoms with E-state index in [0.29, 0.717) is 10.8 Å². The molecule has 0 heterocycles. The molecule has 104 valence electrons. The molecule has 19 heavy (non-hydrogen) atoms. The molecule has 0 aliphatic rings. The molecule has 0 spiro atoms. The maximum absolute atomic E-state index is 11.7. The number of aliphatic carboxylic acids is 1. The summed E-state index contributed by atoms with van der Waals surface area (Å²) < 4.78 is 5.23. The molecule has 1 rings (SSSR count). The summed E-state index contributed by atoms with van der Waals surface area (Å²) in [6, 6.07) is 3.69. The van der Waals surface area contributed by atoms with Gasteiger partial charge >= 0.3 is 5.97 Å². The smallest absolute Gasteiger partial charge is 0.326 e. The molecule has 0 aliphatic heterocycles. The zero-order chi connectivity index (χ0) is 14.6. The average molecular weight is 306 g/mol. The summed E-state index contributed by atoms with van der Waals surface area (Å²) in [6.45, 7) is 1.12. The lowest BCUT2D eigenvalue weighted by Crippen LogP contribution is -2.42. The molecular formula is C12H13Cl2NO4. The quantitative estimate of drug-likeness (QED) is 0.906. The van der Waals surface area contributed by atoms with Gasteiger partial charge in [-0.15, -0.1) is 0 Å².